The van der Waals surface area contributed by atoms with E-state index < -0.39 is 0 Å². The minimum absolute atomic E-state index is 0.0916. The zero-order chi connectivity index (χ0) is 21.9. The Kier molecular flexibility index (Phi) is 5.39. The Morgan fingerprint density at radius 1 is 1.09 bits per heavy atom. The van der Waals surface area contributed by atoms with Crippen molar-refractivity contribution >= 4 is 16.8 Å². The Hall–Kier alpha value is -3.98. The minimum atomic E-state index is -0.0916. The third-order valence-electron chi connectivity index (χ3n) is 6.09. The van der Waals surface area contributed by atoms with Gasteiger partial charge in [-0.1, -0.05) is 30.3 Å². The number of nitriles is 1. The van der Waals surface area contributed by atoms with Gasteiger partial charge in [-0.3, -0.25) is 4.79 Å². The fourth-order valence-electron chi connectivity index (χ4n) is 4.39. The number of aromatic amines is 1. The van der Waals surface area contributed by atoms with Crippen molar-refractivity contribution in [3.63, 3.8) is 0 Å². The Bertz CT molecular complexity index is 1290. The SMILES string of the molecule is N#Cc1ccccc1OCc1ccc(C(=O)N2CCC(c3c[nH]c4ccccc34)CC2)o1. The summed E-state index contributed by atoms with van der Waals surface area (Å²) in [4.78, 5) is 18.2. The van der Waals surface area contributed by atoms with E-state index in [1.54, 1.807) is 30.3 Å². The third-order valence-corrected chi connectivity index (χ3v) is 6.09. The second-order valence-electron chi connectivity index (χ2n) is 8.02. The number of ether oxygens (including phenoxy) is 1. The van der Waals surface area contributed by atoms with E-state index in [1.807, 2.05) is 17.0 Å². The van der Waals surface area contributed by atoms with Gasteiger partial charge in [0.15, 0.2) is 5.76 Å². The minimum Gasteiger partial charge on any atom is -0.484 e. The summed E-state index contributed by atoms with van der Waals surface area (Å²) < 4.78 is 11.4. The maximum atomic E-state index is 12.9. The highest BCUT2D eigenvalue weighted by atomic mass is 16.5. The van der Waals surface area contributed by atoms with Crippen molar-refractivity contribution in [2.24, 2.45) is 0 Å². The van der Waals surface area contributed by atoms with E-state index in [4.69, 9.17) is 14.4 Å². The highest BCUT2D eigenvalue weighted by molar-refractivity contribution is 5.91. The second-order valence-corrected chi connectivity index (χ2v) is 8.02. The molecule has 0 unspecified atom stereocenters. The summed E-state index contributed by atoms with van der Waals surface area (Å²) in [7, 11) is 0. The lowest BCUT2D eigenvalue weighted by Gasteiger charge is -2.31. The summed E-state index contributed by atoms with van der Waals surface area (Å²) in [6, 6.07) is 20.9. The number of nitrogens with zero attached hydrogens (tertiary/aromatic N) is 2. The summed E-state index contributed by atoms with van der Waals surface area (Å²) >= 11 is 0. The molecule has 0 bridgehead atoms. The van der Waals surface area contributed by atoms with Gasteiger partial charge in [-0.25, -0.2) is 0 Å². The maximum absolute atomic E-state index is 12.9. The first-order valence-corrected chi connectivity index (χ1v) is 10.8. The lowest BCUT2D eigenvalue weighted by molar-refractivity contribution is 0.0677. The zero-order valence-corrected chi connectivity index (χ0v) is 17.6. The van der Waals surface area contributed by atoms with Gasteiger partial charge in [0.05, 0.1) is 5.56 Å². The van der Waals surface area contributed by atoms with Crippen molar-refractivity contribution in [1.29, 1.82) is 5.26 Å². The molecular weight excluding hydrogens is 402 g/mol. The number of carbonyl (C=O) groups excluding carboxylic acids is 1. The topological polar surface area (TPSA) is 82.3 Å². The number of likely N-dealkylation sites (tertiary alicyclic amines) is 1. The molecule has 3 heterocycles. The van der Waals surface area contributed by atoms with Crippen LogP contribution in [0.4, 0.5) is 0 Å². The number of furan rings is 1. The van der Waals surface area contributed by atoms with E-state index >= 15 is 0 Å². The predicted molar refractivity (Wildman–Crippen MR) is 120 cm³/mol. The van der Waals surface area contributed by atoms with Crippen molar-refractivity contribution < 1.29 is 13.9 Å². The molecule has 5 rings (SSSR count). The number of carbonyl (C=O) groups is 1. The molecule has 1 saturated heterocycles. The van der Waals surface area contributed by atoms with Gasteiger partial charge in [0.2, 0.25) is 0 Å². The van der Waals surface area contributed by atoms with E-state index in [2.05, 4.69) is 35.4 Å². The van der Waals surface area contributed by atoms with Gasteiger partial charge in [-0.2, -0.15) is 5.26 Å². The molecular formula is C26H23N3O3. The molecule has 6 heteroatoms. The third kappa shape index (κ3) is 3.85. The van der Waals surface area contributed by atoms with Crippen LogP contribution in [0.3, 0.4) is 0 Å². The molecule has 1 amide bonds. The number of piperidine rings is 1. The molecule has 6 nitrogen and oxygen atoms in total. The molecule has 2 aromatic heterocycles. The normalized spacial score (nSPS) is 14.4. The van der Waals surface area contributed by atoms with Crippen molar-refractivity contribution in [2.45, 2.75) is 25.4 Å². The van der Waals surface area contributed by atoms with Crippen LogP contribution in [0.25, 0.3) is 10.9 Å². The van der Waals surface area contributed by atoms with Crippen molar-refractivity contribution in [3.05, 3.63) is 89.5 Å². The highest BCUT2D eigenvalue weighted by Crippen LogP contribution is 2.33. The van der Waals surface area contributed by atoms with Crippen LogP contribution < -0.4 is 4.74 Å². The molecule has 0 atom stereocenters. The van der Waals surface area contributed by atoms with Crippen LogP contribution in [-0.2, 0) is 6.61 Å². The van der Waals surface area contributed by atoms with Crippen LogP contribution in [0.15, 0.2) is 71.3 Å². The maximum Gasteiger partial charge on any atom is 0.289 e. The predicted octanol–water partition coefficient (Wildman–Crippen LogP) is 5.23. The van der Waals surface area contributed by atoms with E-state index in [1.165, 1.54) is 10.9 Å². The van der Waals surface area contributed by atoms with Crippen LogP contribution in [0, 0.1) is 11.3 Å². The first-order chi connectivity index (χ1) is 15.7. The van der Waals surface area contributed by atoms with Crippen LogP contribution in [-0.4, -0.2) is 28.9 Å². The number of aromatic nitrogens is 1. The zero-order valence-electron chi connectivity index (χ0n) is 17.6. The smallest absolute Gasteiger partial charge is 0.289 e. The number of H-pyrrole nitrogens is 1. The number of para-hydroxylation sites is 2. The van der Waals surface area contributed by atoms with Crippen molar-refractivity contribution in [1.82, 2.24) is 9.88 Å². The molecule has 1 aliphatic rings. The summed E-state index contributed by atoms with van der Waals surface area (Å²) in [5, 5.41) is 10.4. The quantitative estimate of drug-likeness (QED) is 0.475. The molecule has 0 radical (unpaired) electrons. The molecule has 1 N–H and O–H groups in total. The molecule has 0 spiro atoms. The van der Waals surface area contributed by atoms with Crippen LogP contribution in [0.1, 0.15) is 46.2 Å². The van der Waals surface area contributed by atoms with Crippen molar-refractivity contribution in [2.75, 3.05) is 13.1 Å². The Morgan fingerprint density at radius 3 is 2.72 bits per heavy atom. The van der Waals surface area contributed by atoms with Gasteiger partial charge in [-0.05, 0) is 54.7 Å². The number of nitrogens with one attached hydrogen (secondary N) is 1. The van der Waals surface area contributed by atoms with Gasteiger partial charge in [0.25, 0.3) is 5.91 Å². The van der Waals surface area contributed by atoms with E-state index in [9.17, 15) is 4.79 Å². The first kappa shape index (κ1) is 20.0. The lowest BCUT2D eigenvalue weighted by atomic mass is 9.89. The van der Waals surface area contributed by atoms with E-state index in [0.717, 1.165) is 18.4 Å². The molecule has 0 aliphatic carbocycles. The number of rotatable bonds is 5. The Morgan fingerprint density at radius 2 is 1.88 bits per heavy atom. The van der Waals surface area contributed by atoms with Crippen molar-refractivity contribution in [3.8, 4) is 11.8 Å². The highest BCUT2D eigenvalue weighted by Gasteiger charge is 2.27. The molecule has 1 aliphatic heterocycles. The first-order valence-electron chi connectivity index (χ1n) is 10.8. The average Bonchev–Trinajstić information content (AvgIpc) is 3.50. The summed E-state index contributed by atoms with van der Waals surface area (Å²) in [6.07, 6.45) is 3.96. The average molecular weight is 425 g/mol. The van der Waals surface area contributed by atoms with Gasteiger partial charge in [0, 0.05) is 30.2 Å². The largest absolute Gasteiger partial charge is 0.484 e. The number of benzene rings is 2. The lowest BCUT2D eigenvalue weighted by Crippen LogP contribution is -2.37. The molecule has 4 aromatic rings. The number of hydrogen-bond acceptors (Lipinski definition) is 4. The molecule has 1 fully saturated rings. The van der Waals surface area contributed by atoms with Gasteiger partial charge >= 0.3 is 0 Å². The summed E-state index contributed by atoms with van der Waals surface area (Å²) in [5.41, 5.74) is 2.96. The van der Waals surface area contributed by atoms with Crippen LogP contribution in [0.2, 0.25) is 0 Å². The van der Waals surface area contributed by atoms with Gasteiger partial charge in [0.1, 0.15) is 24.2 Å². The summed E-state index contributed by atoms with van der Waals surface area (Å²) in [5.74, 6) is 1.72. The molecule has 32 heavy (non-hydrogen) atoms. The Balaban J connectivity index is 1.20. The number of amides is 1. The van der Waals surface area contributed by atoms with Gasteiger partial charge in [-0.15, -0.1) is 0 Å². The monoisotopic (exact) mass is 425 g/mol. The second kappa shape index (κ2) is 8.64. The fourth-order valence-corrected chi connectivity index (χ4v) is 4.39. The van der Waals surface area contributed by atoms with E-state index in [0.29, 0.717) is 41.8 Å². The van der Waals surface area contributed by atoms with Gasteiger partial charge < -0.3 is 19.0 Å². The Labute approximate surface area is 186 Å². The number of fused-ring (bicyclic) bond motifs is 1. The molecule has 160 valence electrons. The van der Waals surface area contributed by atoms with Crippen LogP contribution >= 0.6 is 0 Å². The fraction of sp³-hybridized carbons (Fsp3) is 0.231. The van der Waals surface area contributed by atoms with E-state index in [-0.39, 0.29) is 12.5 Å². The van der Waals surface area contributed by atoms with Crippen LogP contribution in [0.5, 0.6) is 5.75 Å². The molecule has 2 aromatic carbocycles. The summed E-state index contributed by atoms with van der Waals surface area (Å²) in [6.45, 7) is 1.56. The standard InChI is InChI=1S/C26H23N3O3/c27-15-19-5-1-4-8-24(19)31-17-20-9-10-25(32-20)26(30)29-13-11-18(12-14-29)22-16-28-23-7-3-2-6-21(22)23/h1-10,16,18,28H,11-14,17H2. The number of hydrogen-bond donors (Lipinski definition) is 1. The molecule has 0 saturated carbocycles.